The SMILES string of the molecule is CN1C(c2cccnc2)Nc2ccc(CCCN)cc2C1Nc1ccc(F)c(Cl)c1. The lowest BCUT2D eigenvalue weighted by Gasteiger charge is -2.42. The highest BCUT2D eigenvalue weighted by molar-refractivity contribution is 6.31. The third-order valence-corrected chi connectivity index (χ3v) is 5.70. The van der Waals surface area contributed by atoms with Gasteiger partial charge >= 0.3 is 0 Å². The minimum atomic E-state index is -0.432. The van der Waals surface area contributed by atoms with Crippen molar-refractivity contribution in [1.82, 2.24) is 9.88 Å². The summed E-state index contributed by atoms with van der Waals surface area (Å²) in [5.74, 6) is -0.432. The summed E-state index contributed by atoms with van der Waals surface area (Å²) in [4.78, 5) is 6.47. The molecule has 0 bridgehead atoms. The van der Waals surface area contributed by atoms with Gasteiger partial charge in [-0.1, -0.05) is 29.8 Å². The standard InChI is InChI=1S/C23H25ClFN5/c1-30-22(16-5-3-11-27-14-16)29-21-9-6-15(4-2-10-26)12-18(21)23(30)28-17-7-8-20(25)19(24)13-17/h3,5-9,11-14,22-23,28-29H,2,4,10,26H2,1H3. The minimum Gasteiger partial charge on any atom is -0.366 e. The molecule has 1 aromatic heterocycles. The first-order valence-corrected chi connectivity index (χ1v) is 10.4. The van der Waals surface area contributed by atoms with Gasteiger partial charge in [-0.2, -0.15) is 0 Å². The van der Waals surface area contributed by atoms with Crippen molar-refractivity contribution in [3.8, 4) is 0 Å². The second-order valence-corrected chi connectivity index (χ2v) is 7.90. The maximum atomic E-state index is 13.7. The zero-order valence-electron chi connectivity index (χ0n) is 16.8. The van der Waals surface area contributed by atoms with Crippen LogP contribution in [0.4, 0.5) is 15.8 Å². The Morgan fingerprint density at radius 2 is 2.10 bits per heavy atom. The quantitative estimate of drug-likeness (QED) is 0.522. The lowest BCUT2D eigenvalue weighted by molar-refractivity contribution is 0.200. The van der Waals surface area contributed by atoms with Crippen LogP contribution in [-0.2, 0) is 6.42 Å². The van der Waals surface area contributed by atoms with Crippen LogP contribution in [0, 0.1) is 5.82 Å². The van der Waals surface area contributed by atoms with Crippen LogP contribution in [0.2, 0.25) is 5.02 Å². The molecule has 1 aliphatic heterocycles. The molecular formula is C23H25ClFN5. The molecule has 4 N–H and O–H groups in total. The molecule has 4 rings (SSSR count). The molecule has 2 aromatic carbocycles. The maximum Gasteiger partial charge on any atom is 0.141 e. The summed E-state index contributed by atoms with van der Waals surface area (Å²) < 4.78 is 13.7. The molecule has 5 nitrogen and oxygen atoms in total. The molecule has 156 valence electrons. The Kier molecular flexibility index (Phi) is 6.18. The van der Waals surface area contributed by atoms with Gasteiger partial charge in [-0.15, -0.1) is 0 Å². The van der Waals surface area contributed by atoms with Gasteiger partial charge in [-0.25, -0.2) is 4.39 Å². The Morgan fingerprint density at radius 1 is 1.23 bits per heavy atom. The van der Waals surface area contributed by atoms with Gasteiger partial charge in [0.15, 0.2) is 0 Å². The number of nitrogens with zero attached hydrogens (tertiary/aromatic N) is 2. The Morgan fingerprint density at radius 3 is 2.83 bits per heavy atom. The summed E-state index contributed by atoms with van der Waals surface area (Å²) in [7, 11) is 2.04. The number of hydrogen-bond acceptors (Lipinski definition) is 5. The highest BCUT2D eigenvalue weighted by atomic mass is 35.5. The fourth-order valence-corrected chi connectivity index (χ4v) is 4.01. The van der Waals surface area contributed by atoms with E-state index in [1.165, 1.54) is 11.6 Å². The van der Waals surface area contributed by atoms with Crippen molar-refractivity contribution in [2.45, 2.75) is 25.2 Å². The van der Waals surface area contributed by atoms with Gasteiger partial charge in [0.25, 0.3) is 0 Å². The van der Waals surface area contributed by atoms with Crippen LogP contribution in [-0.4, -0.2) is 23.5 Å². The molecule has 0 aliphatic carbocycles. The zero-order valence-corrected chi connectivity index (χ0v) is 17.5. The fourth-order valence-electron chi connectivity index (χ4n) is 3.83. The van der Waals surface area contributed by atoms with Crippen LogP contribution in [0.3, 0.4) is 0 Å². The van der Waals surface area contributed by atoms with Crippen LogP contribution in [0.25, 0.3) is 0 Å². The van der Waals surface area contributed by atoms with Crippen molar-refractivity contribution in [3.05, 3.63) is 88.5 Å². The van der Waals surface area contributed by atoms with Gasteiger partial charge in [-0.3, -0.25) is 9.88 Å². The molecule has 1 aliphatic rings. The second kappa shape index (κ2) is 9.00. The van der Waals surface area contributed by atoms with Crippen LogP contribution >= 0.6 is 11.6 Å². The summed E-state index contributed by atoms with van der Waals surface area (Å²) in [6.45, 7) is 0.661. The Hall–Kier alpha value is -2.67. The highest BCUT2D eigenvalue weighted by Crippen LogP contribution is 2.40. The summed E-state index contributed by atoms with van der Waals surface area (Å²) >= 11 is 6.01. The van der Waals surface area contributed by atoms with Gasteiger partial charge in [0, 0.05) is 34.9 Å². The number of rotatable bonds is 6. The Bertz CT molecular complexity index is 1010. The second-order valence-electron chi connectivity index (χ2n) is 7.49. The average Bonchev–Trinajstić information content (AvgIpc) is 2.77. The first kappa shape index (κ1) is 20.6. The summed E-state index contributed by atoms with van der Waals surface area (Å²) in [6, 6.07) is 15.1. The number of pyridine rings is 1. The molecule has 2 atom stereocenters. The van der Waals surface area contributed by atoms with Crippen molar-refractivity contribution in [1.29, 1.82) is 0 Å². The maximum absolute atomic E-state index is 13.7. The Labute approximate surface area is 181 Å². The molecule has 0 radical (unpaired) electrons. The number of benzene rings is 2. The summed E-state index contributed by atoms with van der Waals surface area (Å²) in [5, 5.41) is 7.24. The van der Waals surface area contributed by atoms with E-state index in [1.807, 2.05) is 25.4 Å². The molecule has 7 heteroatoms. The molecule has 2 unspecified atom stereocenters. The van der Waals surface area contributed by atoms with Crippen molar-refractivity contribution in [2.24, 2.45) is 5.73 Å². The van der Waals surface area contributed by atoms with Crippen LogP contribution in [0.15, 0.2) is 60.9 Å². The van der Waals surface area contributed by atoms with E-state index in [0.717, 1.165) is 35.3 Å². The normalized spacial score (nSPS) is 18.5. The summed E-state index contributed by atoms with van der Waals surface area (Å²) in [6.07, 6.45) is 5.27. The van der Waals surface area contributed by atoms with Crippen LogP contribution in [0.1, 0.15) is 35.4 Å². The molecule has 30 heavy (non-hydrogen) atoms. The predicted octanol–water partition coefficient (Wildman–Crippen LogP) is 4.93. The zero-order chi connectivity index (χ0) is 21.1. The number of nitrogens with one attached hydrogen (secondary N) is 2. The smallest absolute Gasteiger partial charge is 0.141 e. The number of aromatic nitrogens is 1. The van der Waals surface area contributed by atoms with E-state index >= 15 is 0 Å². The van der Waals surface area contributed by atoms with Gasteiger partial charge in [0.2, 0.25) is 0 Å². The van der Waals surface area contributed by atoms with Crippen LogP contribution < -0.4 is 16.4 Å². The average molecular weight is 426 g/mol. The number of aryl methyl sites for hydroxylation is 1. The molecule has 0 saturated heterocycles. The Balaban J connectivity index is 1.73. The van der Waals surface area contributed by atoms with E-state index in [1.54, 1.807) is 18.3 Å². The predicted molar refractivity (Wildman–Crippen MR) is 120 cm³/mol. The van der Waals surface area contributed by atoms with Crippen molar-refractivity contribution >= 4 is 23.0 Å². The van der Waals surface area contributed by atoms with Gasteiger partial charge < -0.3 is 16.4 Å². The third kappa shape index (κ3) is 4.26. The number of hydrogen-bond donors (Lipinski definition) is 3. The molecule has 0 spiro atoms. The van der Waals surface area contributed by atoms with E-state index in [-0.39, 0.29) is 17.4 Å². The van der Waals surface area contributed by atoms with Gasteiger partial charge in [-0.05, 0) is 62.3 Å². The molecule has 0 saturated carbocycles. The minimum absolute atomic E-state index is 0.0745. The van der Waals surface area contributed by atoms with Crippen molar-refractivity contribution in [3.63, 3.8) is 0 Å². The molecule has 0 amide bonds. The molecule has 0 fully saturated rings. The molecular weight excluding hydrogens is 401 g/mol. The number of anilines is 2. The first-order valence-electron chi connectivity index (χ1n) is 9.99. The number of halogens is 2. The van der Waals surface area contributed by atoms with E-state index in [2.05, 4.69) is 38.7 Å². The molecule has 3 aromatic rings. The largest absolute Gasteiger partial charge is 0.366 e. The third-order valence-electron chi connectivity index (χ3n) is 5.41. The number of nitrogens with two attached hydrogens (primary N) is 1. The molecule has 2 heterocycles. The van der Waals surface area contributed by atoms with Gasteiger partial charge in [0.1, 0.15) is 18.1 Å². The van der Waals surface area contributed by atoms with E-state index in [4.69, 9.17) is 17.3 Å². The monoisotopic (exact) mass is 425 g/mol. The lowest BCUT2D eigenvalue weighted by Crippen LogP contribution is -2.41. The van der Waals surface area contributed by atoms with Gasteiger partial charge in [0.05, 0.1) is 5.02 Å². The number of fused-ring (bicyclic) bond motifs is 1. The highest BCUT2D eigenvalue weighted by Gasteiger charge is 2.32. The lowest BCUT2D eigenvalue weighted by atomic mass is 9.98. The topological polar surface area (TPSA) is 66.2 Å². The van der Waals surface area contributed by atoms with E-state index < -0.39 is 5.82 Å². The van der Waals surface area contributed by atoms with E-state index in [0.29, 0.717) is 6.54 Å². The van der Waals surface area contributed by atoms with Crippen molar-refractivity contribution in [2.75, 3.05) is 24.2 Å². The first-order chi connectivity index (χ1) is 14.6. The van der Waals surface area contributed by atoms with Crippen molar-refractivity contribution < 1.29 is 4.39 Å². The van der Waals surface area contributed by atoms with Crippen LogP contribution in [0.5, 0.6) is 0 Å². The fraction of sp³-hybridized carbons (Fsp3) is 0.261. The summed E-state index contributed by atoms with van der Waals surface area (Å²) in [5.41, 5.74) is 10.9. The van der Waals surface area contributed by atoms with E-state index in [9.17, 15) is 4.39 Å².